The van der Waals surface area contributed by atoms with Crippen molar-refractivity contribution in [1.29, 1.82) is 0 Å². The van der Waals surface area contributed by atoms with Crippen LogP contribution in [0.3, 0.4) is 0 Å². The molecule has 4 aromatic rings. The number of anilines is 2. The molecule has 0 spiro atoms. The van der Waals surface area contributed by atoms with E-state index in [4.69, 9.17) is 4.42 Å². The molecule has 1 aliphatic rings. The van der Waals surface area contributed by atoms with Gasteiger partial charge in [-0.05, 0) is 43.4 Å². The van der Waals surface area contributed by atoms with Crippen LogP contribution in [-0.2, 0) is 0 Å². The minimum atomic E-state index is -0.673. The van der Waals surface area contributed by atoms with Crippen molar-refractivity contribution in [2.24, 2.45) is 0 Å². The molecule has 0 radical (unpaired) electrons. The number of carbonyl (C=O) groups excluding carboxylic acids is 1. The quantitative estimate of drug-likeness (QED) is 0.486. The number of carbonyl (C=O) groups is 1. The fourth-order valence-corrected chi connectivity index (χ4v) is 3.86. The molecule has 1 N–H and O–H groups in total. The smallest absolute Gasteiger partial charge is 0.349 e. The lowest BCUT2D eigenvalue weighted by Crippen LogP contribution is -2.44. The summed E-state index contributed by atoms with van der Waals surface area (Å²) in [5.41, 5.74) is 1.79. The number of rotatable bonds is 4. The largest absolute Gasteiger partial charge is 0.422 e. The molecule has 166 valence electrons. The summed E-state index contributed by atoms with van der Waals surface area (Å²) in [6.07, 6.45) is 0. The number of nitrogens with one attached hydrogen (secondary N) is 1. The van der Waals surface area contributed by atoms with Crippen molar-refractivity contribution < 1.29 is 9.21 Å². The van der Waals surface area contributed by atoms with Crippen molar-refractivity contribution in [3.05, 3.63) is 82.7 Å². The highest BCUT2D eigenvalue weighted by Gasteiger charge is 2.17. The van der Waals surface area contributed by atoms with E-state index < -0.39 is 11.5 Å². The Hall–Kier alpha value is -4.04. The summed E-state index contributed by atoms with van der Waals surface area (Å²) in [5, 5.41) is 12.3. The number of piperazine rings is 1. The van der Waals surface area contributed by atoms with E-state index in [1.54, 1.807) is 36.4 Å². The van der Waals surface area contributed by atoms with Crippen LogP contribution in [0.1, 0.15) is 10.4 Å². The zero-order chi connectivity index (χ0) is 22.8. The lowest BCUT2D eigenvalue weighted by atomic mass is 10.1. The standard InChI is InChI=1S/C25H23N5O3/c1-29-11-13-30(14-12-29)23-10-9-21(27-28-23)17-6-4-7-19(15-17)26-24(31)20-16-18-5-2-3-8-22(18)33-25(20)32/h2-10,15-16H,11-14H2,1H3,(H,26,31). The first-order valence-electron chi connectivity index (χ1n) is 10.8. The number of likely N-dealkylation sites (N-methyl/N-ethyl adjacent to an activating group) is 1. The molecule has 0 bridgehead atoms. The number of para-hydroxylation sites is 1. The molecule has 1 aliphatic heterocycles. The topological polar surface area (TPSA) is 91.6 Å². The van der Waals surface area contributed by atoms with Gasteiger partial charge >= 0.3 is 5.63 Å². The first-order chi connectivity index (χ1) is 16.1. The predicted molar refractivity (Wildman–Crippen MR) is 128 cm³/mol. The number of benzene rings is 2. The van der Waals surface area contributed by atoms with Crippen LogP contribution in [0.2, 0.25) is 0 Å². The van der Waals surface area contributed by atoms with E-state index in [1.807, 2.05) is 30.3 Å². The Bertz CT molecular complexity index is 1360. The van der Waals surface area contributed by atoms with Gasteiger partial charge in [0.15, 0.2) is 5.82 Å². The second kappa shape index (κ2) is 8.84. The maximum atomic E-state index is 12.8. The van der Waals surface area contributed by atoms with Gasteiger partial charge in [0.05, 0.1) is 5.69 Å². The van der Waals surface area contributed by atoms with Crippen LogP contribution in [0.15, 0.2) is 75.9 Å². The van der Waals surface area contributed by atoms with Crippen molar-refractivity contribution in [3.63, 3.8) is 0 Å². The molecule has 0 atom stereocenters. The summed E-state index contributed by atoms with van der Waals surface area (Å²) >= 11 is 0. The highest BCUT2D eigenvalue weighted by molar-refractivity contribution is 6.05. The van der Waals surface area contributed by atoms with Crippen LogP contribution < -0.4 is 15.8 Å². The van der Waals surface area contributed by atoms with E-state index in [0.717, 1.165) is 37.6 Å². The average Bonchev–Trinajstić information content (AvgIpc) is 2.84. The fourth-order valence-electron chi connectivity index (χ4n) is 3.86. The molecule has 1 amide bonds. The molecular weight excluding hydrogens is 418 g/mol. The van der Waals surface area contributed by atoms with Crippen molar-refractivity contribution in [2.45, 2.75) is 0 Å². The van der Waals surface area contributed by atoms with Crippen molar-refractivity contribution in [1.82, 2.24) is 15.1 Å². The molecule has 2 aromatic carbocycles. The van der Waals surface area contributed by atoms with Gasteiger partial charge in [-0.2, -0.15) is 0 Å². The number of nitrogens with zero attached hydrogens (tertiary/aromatic N) is 4. The van der Waals surface area contributed by atoms with Crippen LogP contribution in [0.4, 0.5) is 11.5 Å². The van der Waals surface area contributed by atoms with Crippen LogP contribution in [0.5, 0.6) is 0 Å². The van der Waals surface area contributed by atoms with E-state index in [1.165, 1.54) is 0 Å². The number of aromatic nitrogens is 2. The van der Waals surface area contributed by atoms with Gasteiger partial charge < -0.3 is 19.5 Å². The van der Waals surface area contributed by atoms with Gasteiger partial charge in [-0.3, -0.25) is 4.79 Å². The van der Waals surface area contributed by atoms with Crippen molar-refractivity contribution in [2.75, 3.05) is 43.4 Å². The lowest BCUT2D eigenvalue weighted by molar-refractivity contribution is 0.102. The summed E-state index contributed by atoms with van der Waals surface area (Å²) in [5.74, 6) is 0.336. The minimum absolute atomic E-state index is 0.0459. The molecule has 5 rings (SSSR count). The Morgan fingerprint density at radius 2 is 1.76 bits per heavy atom. The summed E-state index contributed by atoms with van der Waals surface area (Å²) in [6.45, 7) is 3.85. The van der Waals surface area contributed by atoms with Gasteiger partial charge in [0, 0.05) is 42.8 Å². The van der Waals surface area contributed by atoms with E-state index in [9.17, 15) is 9.59 Å². The second-order valence-electron chi connectivity index (χ2n) is 8.09. The molecule has 0 aliphatic carbocycles. The first-order valence-corrected chi connectivity index (χ1v) is 10.8. The number of amides is 1. The molecular formula is C25H23N5O3. The Balaban J connectivity index is 1.34. The lowest BCUT2D eigenvalue weighted by Gasteiger charge is -2.32. The Morgan fingerprint density at radius 1 is 0.939 bits per heavy atom. The molecule has 0 saturated carbocycles. The van der Waals surface area contributed by atoms with Gasteiger partial charge in [-0.25, -0.2) is 4.79 Å². The highest BCUT2D eigenvalue weighted by atomic mass is 16.4. The molecule has 33 heavy (non-hydrogen) atoms. The Labute approximate surface area is 190 Å². The van der Waals surface area contributed by atoms with E-state index in [2.05, 4.69) is 32.4 Å². The van der Waals surface area contributed by atoms with Crippen molar-refractivity contribution >= 4 is 28.4 Å². The van der Waals surface area contributed by atoms with Gasteiger partial charge in [0.1, 0.15) is 11.1 Å². The van der Waals surface area contributed by atoms with Gasteiger partial charge in [0.25, 0.3) is 5.91 Å². The Kier molecular flexibility index (Phi) is 5.58. The van der Waals surface area contributed by atoms with Crippen LogP contribution >= 0.6 is 0 Å². The molecule has 1 fully saturated rings. The molecule has 2 aromatic heterocycles. The summed E-state index contributed by atoms with van der Waals surface area (Å²) in [4.78, 5) is 29.6. The zero-order valence-electron chi connectivity index (χ0n) is 18.2. The minimum Gasteiger partial charge on any atom is -0.422 e. The maximum absolute atomic E-state index is 12.8. The van der Waals surface area contributed by atoms with Crippen molar-refractivity contribution in [3.8, 4) is 11.3 Å². The SMILES string of the molecule is CN1CCN(c2ccc(-c3cccc(NC(=O)c4cc5ccccc5oc4=O)c3)nn2)CC1. The molecule has 8 heteroatoms. The fraction of sp³-hybridized carbons (Fsp3) is 0.200. The van der Waals surface area contributed by atoms with Gasteiger partial charge in [-0.15, -0.1) is 10.2 Å². The molecule has 1 saturated heterocycles. The summed E-state index contributed by atoms with van der Waals surface area (Å²) in [6, 6.07) is 19.8. The normalized spacial score (nSPS) is 14.4. The molecule has 8 nitrogen and oxygen atoms in total. The van der Waals surface area contributed by atoms with Gasteiger partial charge in [-0.1, -0.05) is 30.3 Å². The maximum Gasteiger partial charge on any atom is 0.349 e. The van der Waals surface area contributed by atoms with E-state index in [-0.39, 0.29) is 5.56 Å². The highest BCUT2D eigenvalue weighted by Crippen LogP contribution is 2.23. The third-order valence-corrected chi connectivity index (χ3v) is 5.78. The second-order valence-corrected chi connectivity index (χ2v) is 8.09. The van der Waals surface area contributed by atoms with E-state index in [0.29, 0.717) is 22.4 Å². The number of hydrogen-bond acceptors (Lipinski definition) is 7. The third kappa shape index (κ3) is 4.47. The summed E-state index contributed by atoms with van der Waals surface area (Å²) in [7, 11) is 2.12. The summed E-state index contributed by atoms with van der Waals surface area (Å²) < 4.78 is 5.27. The number of hydrogen-bond donors (Lipinski definition) is 1. The van der Waals surface area contributed by atoms with Crippen LogP contribution in [-0.4, -0.2) is 54.2 Å². The average molecular weight is 441 g/mol. The van der Waals surface area contributed by atoms with Crippen LogP contribution in [0.25, 0.3) is 22.2 Å². The zero-order valence-corrected chi connectivity index (χ0v) is 18.2. The number of fused-ring (bicyclic) bond motifs is 1. The Morgan fingerprint density at radius 3 is 2.55 bits per heavy atom. The first kappa shape index (κ1) is 20.8. The van der Waals surface area contributed by atoms with E-state index >= 15 is 0 Å². The molecule has 0 unspecified atom stereocenters. The molecule has 3 heterocycles. The monoisotopic (exact) mass is 441 g/mol. The predicted octanol–water partition coefficient (Wildman–Crippen LogP) is 3.25. The van der Waals surface area contributed by atoms with Crippen LogP contribution in [0, 0.1) is 0 Å². The third-order valence-electron chi connectivity index (χ3n) is 5.78. The van der Waals surface area contributed by atoms with Gasteiger partial charge in [0.2, 0.25) is 0 Å².